The minimum atomic E-state index is -0.711. The molecule has 0 radical (unpaired) electrons. The summed E-state index contributed by atoms with van der Waals surface area (Å²) in [6.45, 7) is 0. The van der Waals surface area contributed by atoms with E-state index in [4.69, 9.17) is 0 Å². The third-order valence-electron chi connectivity index (χ3n) is 2.80. The Morgan fingerprint density at radius 3 is 2.88 bits per heavy atom. The summed E-state index contributed by atoms with van der Waals surface area (Å²) < 4.78 is 1.99. The van der Waals surface area contributed by atoms with Crippen LogP contribution in [0.1, 0.15) is 12.8 Å². The lowest BCUT2D eigenvalue weighted by Crippen LogP contribution is -2.18. The third-order valence-corrected chi connectivity index (χ3v) is 5.30. The summed E-state index contributed by atoms with van der Waals surface area (Å²) in [5.41, 5.74) is 0.958. The number of para-hydroxylation sites is 1. The smallest absolute Gasteiger partial charge is 0.317 e. The van der Waals surface area contributed by atoms with Gasteiger partial charge in [-0.1, -0.05) is 23.9 Å². The summed E-state index contributed by atoms with van der Waals surface area (Å²) in [5, 5.41) is 8.85. The van der Waals surface area contributed by atoms with E-state index in [-0.39, 0.29) is 5.25 Å². The maximum Gasteiger partial charge on any atom is 0.317 e. The summed E-state index contributed by atoms with van der Waals surface area (Å²) in [6.07, 6.45) is 2.07. The van der Waals surface area contributed by atoms with Gasteiger partial charge in [-0.25, -0.2) is 4.98 Å². The van der Waals surface area contributed by atoms with Crippen LogP contribution in [0.5, 0.6) is 0 Å². The van der Waals surface area contributed by atoms with E-state index in [1.807, 2.05) is 24.3 Å². The molecular formula is C12H11NO2S2. The van der Waals surface area contributed by atoms with Crippen LogP contribution in [-0.2, 0) is 4.79 Å². The summed E-state index contributed by atoms with van der Waals surface area (Å²) in [4.78, 5) is 15.6. The Hall–Kier alpha value is -1.07. The molecule has 0 saturated heterocycles. The van der Waals surface area contributed by atoms with Crippen LogP contribution in [0, 0.1) is 5.92 Å². The van der Waals surface area contributed by atoms with Crippen molar-refractivity contribution in [3.05, 3.63) is 24.3 Å². The molecule has 5 heteroatoms. The second-order valence-corrected chi connectivity index (χ2v) is 6.58. The van der Waals surface area contributed by atoms with Crippen molar-refractivity contribution in [2.75, 3.05) is 0 Å². The van der Waals surface area contributed by atoms with Gasteiger partial charge in [0.1, 0.15) is 5.25 Å². The van der Waals surface area contributed by atoms with E-state index in [0.29, 0.717) is 5.92 Å². The number of hydrogen-bond donors (Lipinski definition) is 1. The molecular weight excluding hydrogens is 254 g/mol. The Balaban J connectivity index is 1.85. The molecule has 1 aliphatic carbocycles. The second kappa shape index (κ2) is 4.31. The normalized spacial score (nSPS) is 17.2. The molecule has 0 amide bonds. The summed E-state index contributed by atoms with van der Waals surface area (Å²) in [7, 11) is 0. The second-order valence-electron chi connectivity index (χ2n) is 4.16. The number of fused-ring (bicyclic) bond motifs is 1. The molecule has 17 heavy (non-hydrogen) atoms. The molecule has 0 aliphatic heterocycles. The Labute approximate surface area is 107 Å². The van der Waals surface area contributed by atoms with Crippen LogP contribution in [0.3, 0.4) is 0 Å². The van der Waals surface area contributed by atoms with Gasteiger partial charge in [0.05, 0.1) is 10.2 Å². The number of hydrogen-bond acceptors (Lipinski definition) is 4. The van der Waals surface area contributed by atoms with E-state index in [0.717, 1.165) is 27.4 Å². The van der Waals surface area contributed by atoms with Crippen LogP contribution < -0.4 is 0 Å². The molecule has 1 saturated carbocycles. The van der Waals surface area contributed by atoms with Gasteiger partial charge in [0.15, 0.2) is 4.34 Å². The van der Waals surface area contributed by atoms with Crippen LogP contribution >= 0.6 is 23.1 Å². The largest absolute Gasteiger partial charge is 0.480 e. The molecule has 1 heterocycles. The first kappa shape index (κ1) is 11.0. The highest BCUT2D eigenvalue weighted by molar-refractivity contribution is 8.02. The van der Waals surface area contributed by atoms with Crippen molar-refractivity contribution in [2.45, 2.75) is 22.4 Å². The van der Waals surface area contributed by atoms with Crippen molar-refractivity contribution in [2.24, 2.45) is 5.92 Å². The predicted octanol–water partition coefficient (Wildman–Crippen LogP) is 3.25. The maximum atomic E-state index is 11.2. The molecule has 3 nitrogen and oxygen atoms in total. The molecule has 1 aromatic carbocycles. The Kier molecular flexibility index (Phi) is 2.80. The van der Waals surface area contributed by atoms with Crippen molar-refractivity contribution >= 4 is 39.3 Å². The van der Waals surface area contributed by atoms with Crippen LogP contribution in [0.2, 0.25) is 0 Å². The molecule has 1 aliphatic rings. The Bertz CT molecular complexity index is 529. The van der Waals surface area contributed by atoms with Gasteiger partial charge < -0.3 is 5.11 Å². The molecule has 1 aromatic heterocycles. The highest BCUT2D eigenvalue weighted by atomic mass is 32.2. The molecule has 1 fully saturated rings. The first-order valence-electron chi connectivity index (χ1n) is 5.49. The lowest BCUT2D eigenvalue weighted by molar-refractivity contribution is -0.136. The van der Waals surface area contributed by atoms with Gasteiger partial charge in [0, 0.05) is 0 Å². The summed E-state index contributed by atoms with van der Waals surface area (Å²) in [5.74, 6) is -0.374. The van der Waals surface area contributed by atoms with E-state index in [9.17, 15) is 9.90 Å². The van der Waals surface area contributed by atoms with Gasteiger partial charge in [0.25, 0.3) is 0 Å². The zero-order valence-corrected chi connectivity index (χ0v) is 10.6. The van der Waals surface area contributed by atoms with Crippen molar-refractivity contribution in [1.29, 1.82) is 0 Å². The first-order valence-corrected chi connectivity index (χ1v) is 7.19. The quantitative estimate of drug-likeness (QED) is 0.862. The molecule has 1 N–H and O–H groups in total. The number of carboxylic acids is 1. The minimum Gasteiger partial charge on any atom is -0.480 e. The summed E-state index contributed by atoms with van der Waals surface area (Å²) >= 11 is 2.98. The third kappa shape index (κ3) is 2.30. The predicted molar refractivity (Wildman–Crippen MR) is 69.6 cm³/mol. The molecule has 2 aromatic rings. The standard InChI is InChI=1S/C12H11NO2S2/c14-11(15)10(7-5-6-7)17-12-13-8-3-1-2-4-9(8)16-12/h1-4,7,10H,5-6H2,(H,14,15). The van der Waals surface area contributed by atoms with Crippen molar-refractivity contribution < 1.29 is 9.90 Å². The number of carbonyl (C=O) groups is 1. The first-order chi connectivity index (χ1) is 8.24. The van der Waals surface area contributed by atoms with Crippen LogP contribution in [0.15, 0.2) is 28.6 Å². The lowest BCUT2D eigenvalue weighted by Gasteiger charge is -2.07. The van der Waals surface area contributed by atoms with E-state index >= 15 is 0 Å². The van der Waals surface area contributed by atoms with Crippen LogP contribution in [-0.4, -0.2) is 21.3 Å². The molecule has 0 bridgehead atoms. The van der Waals surface area contributed by atoms with Gasteiger partial charge in [0.2, 0.25) is 0 Å². The number of benzene rings is 1. The fourth-order valence-electron chi connectivity index (χ4n) is 1.76. The number of nitrogens with zero attached hydrogens (tertiary/aromatic N) is 1. The monoisotopic (exact) mass is 265 g/mol. The molecule has 1 atom stereocenters. The van der Waals surface area contributed by atoms with E-state index in [2.05, 4.69) is 4.98 Å². The zero-order chi connectivity index (χ0) is 11.8. The maximum absolute atomic E-state index is 11.2. The van der Waals surface area contributed by atoms with Gasteiger partial charge in [-0.3, -0.25) is 4.79 Å². The zero-order valence-electron chi connectivity index (χ0n) is 9.00. The van der Waals surface area contributed by atoms with Gasteiger partial charge >= 0.3 is 5.97 Å². The van der Waals surface area contributed by atoms with Gasteiger partial charge in [-0.15, -0.1) is 11.3 Å². The number of carboxylic acid groups (broad SMARTS) is 1. The highest BCUT2D eigenvalue weighted by Gasteiger charge is 2.37. The average Bonchev–Trinajstić information content (AvgIpc) is 3.05. The van der Waals surface area contributed by atoms with Crippen molar-refractivity contribution in [1.82, 2.24) is 4.98 Å². The average molecular weight is 265 g/mol. The molecule has 1 unspecified atom stereocenters. The van der Waals surface area contributed by atoms with E-state index in [1.54, 1.807) is 11.3 Å². The fourth-order valence-corrected chi connectivity index (χ4v) is 4.16. The summed E-state index contributed by atoms with van der Waals surface area (Å²) in [6, 6.07) is 7.91. The van der Waals surface area contributed by atoms with Crippen molar-refractivity contribution in [3.63, 3.8) is 0 Å². The molecule has 3 rings (SSSR count). The topological polar surface area (TPSA) is 50.2 Å². The number of rotatable bonds is 4. The van der Waals surface area contributed by atoms with E-state index in [1.165, 1.54) is 11.8 Å². The Morgan fingerprint density at radius 2 is 2.24 bits per heavy atom. The SMILES string of the molecule is O=C(O)C(Sc1nc2ccccc2s1)C1CC1. The van der Waals surface area contributed by atoms with Crippen molar-refractivity contribution in [3.8, 4) is 0 Å². The van der Waals surface area contributed by atoms with E-state index < -0.39 is 5.97 Å². The Morgan fingerprint density at radius 1 is 1.47 bits per heavy atom. The lowest BCUT2D eigenvalue weighted by atomic mass is 10.3. The molecule has 0 spiro atoms. The number of thioether (sulfide) groups is 1. The van der Waals surface area contributed by atoms with Gasteiger partial charge in [-0.2, -0.15) is 0 Å². The van der Waals surface area contributed by atoms with Crippen LogP contribution in [0.25, 0.3) is 10.2 Å². The minimum absolute atomic E-state index is 0.324. The van der Waals surface area contributed by atoms with Gasteiger partial charge in [-0.05, 0) is 30.9 Å². The van der Waals surface area contributed by atoms with Crippen LogP contribution in [0.4, 0.5) is 0 Å². The number of aliphatic carboxylic acids is 1. The number of aromatic nitrogens is 1. The highest BCUT2D eigenvalue weighted by Crippen LogP contribution is 2.43. The number of thiazole rings is 1. The fraction of sp³-hybridized carbons (Fsp3) is 0.333. The molecule has 88 valence electrons.